The number of rotatable bonds is 6. The maximum atomic E-state index is 12.8. The first kappa shape index (κ1) is 14.8. The van der Waals surface area contributed by atoms with Gasteiger partial charge in [0.1, 0.15) is 17.3 Å². The molecule has 2 unspecified atom stereocenters. The molecule has 2 aromatic rings. The van der Waals surface area contributed by atoms with E-state index < -0.39 is 0 Å². The number of hydrogen-bond donors (Lipinski definition) is 2. The average Bonchev–Trinajstić information content (AvgIpc) is 3.04. The van der Waals surface area contributed by atoms with E-state index in [4.69, 9.17) is 4.42 Å². The van der Waals surface area contributed by atoms with Gasteiger partial charge in [-0.3, -0.25) is 4.79 Å². The van der Waals surface area contributed by atoms with Crippen LogP contribution in [0, 0.1) is 11.7 Å². The van der Waals surface area contributed by atoms with Gasteiger partial charge in [0.15, 0.2) is 0 Å². The summed E-state index contributed by atoms with van der Waals surface area (Å²) in [7, 11) is 0. The lowest BCUT2D eigenvalue weighted by Crippen LogP contribution is -2.27. The summed E-state index contributed by atoms with van der Waals surface area (Å²) in [6.07, 6.45) is 1.19. The molecule has 3 rings (SSSR count). The molecule has 0 bridgehead atoms. The van der Waals surface area contributed by atoms with Crippen LogP contribution in [0.4, 0.5) is 10.1 Å². The molecule has 116 valence electrons. The number of hydrogen-bond acceptors (Lipinski definition) is 3. The zero-order valence-electron chi connectivity index (χ0n) is 12.4. The topological polar surface area (TPSA) is 54.3 Å². The number of carbonyl (C=O) groups is 1. The standard InChI is InChI=1S/C17H19FN2O2/c1-11-8-15(11)16-7-6-14(22-16)9-19-10-17(21)20-13-4-2-12(18)3-5-13/h2-7,11,15,19H,8-10H2,1H3,(H,20,21). The Morgan fingerprint density at radius 3 is 2.68 bits per heavy atom. The highest BCUT2D eigenvalue weighted by atomic mass is 19.1. The van der Waals surface area contributed by atoms with Crippen LogP contribution < -0.4 is 10.6 Å². The molecule has 2 atom stereocenters. The number of amides is 1. The third-order valence-electron chi connectivity index (χ3n) is 3.87. The number of benzene rings is 1. The molecule has 1 aromatic carbocycles. The second-order valence-electron chi connectivity index (χ2n) is 5.78. The number of furan rings is 1. The van der Waals surface area contributed by atoms with Gasteiger partial charge in [-0.15, -0.1) is 0 Å². The van der Waals surface area contributed by atoms with Crippen LogP contribution in [0.25, 0.3) is 0 Å². The van der Waals surface area contributed by atoms with Crippen LogP contribution in [0.3, 0.4) is 0 Å². The van der Waals surface area contributed by atoms with E-state index in [1.54, 1.807) is 0 Å². The van der Waals surface area contributed by atoms with Gasteiger partial charge in [0.05, 0.1) is 13.1 Å². The Morgan fingerprint density at radius 1 is 1.27 bits per heavy atom. The van der Waals surface area contributed by atoms with E-state index in [0.29, 0.717) is 24.1 Å². The summed E-state index contributed by atoms with van der Waals surface area (Å²) in [4.78, 5) is 11.8. The third-order valence-corrected chi connectivity index (χ3v) is 3.87. The van der Waals surface area contributed by atoms with E-state index in [1.807, 2.05) is 12.1 Å². The van der Waals surface area contributed by atoms with Gasteiger partial charge in [0.2, 0.25) is 5.91 Å². The van der Waals surface area contributed by atoms with Crippen molar-refractivity contribution >= 4 is 11.6 Å². The summed E-state index contributed by atoms with van der Waals surface area (Å²) in [5, 5.41) is 5.73. The summed E-state index contributed by atoms with van der Waals surface area (Å²) in [6, 6.07) is 9.65. The van der Waals surface area contributed by atoms with Crippen LogP contribution in [0.15, 0.2) is 40.8 Å². The van der Waals surface area contributed by atoms with Crippen molar-refractivity contribution in [2.45, 2.75) is 25.8 Å². The van der Waals surface area contributed by atoms with E-state index >= 15 is 0 Å². The van der Waals surface area contributed by atoms with Crippen LogP contribution >= 0.6 is 0 Å². The van der Waals surface area contributed by atoms with E-state index in [0.717, 1.165) is 11.5 Å². The van der Waals surface area contributed by atoms with Gasteiger partial charge in [-0.1, -0.05) is 6.92 Å². The normalized spacial score (nSPS) is 19.9. The maximum Gasteiger partial charge on any atom is 0.238 e. The molecule has 22 heavy (non-hydrogen) atoms. The zero-order valence-corrected chi connectivity index (χ0v) is 12.4. The molecule has 1 aliphatic rings. The van der Waals surface area contributed by atoms with Gasteiger partial charge in [0, 0.05) is 11.6 Å². The molecule has 0 radical (unpaired) electrons. The van der Waals surface area contributed by atoms with Gasteiger partial charge < -0.3 is 15.1 Å². The Labute approximate surface area is 128 Å². The van der Waals surface area contributed by atoms with Crippen molar-refractivity contribution in [1.82, 2.24) is 5.32 Å². The molecule has 1 fully saturated rings. The summed E-state index contributed by atoms with van der Waals surface area (Å²) >= 11 is 0. The number of halogens is 1. The Hall–Kier alpha value is -2.14. The minimum Gasteiger partial charge on any atom is -0.464 e. The predicted octanol–water partition coefficient (Wildman–Crippen LogP) is 3.27. The zero-order chi connectivity index (χ0) is 15.5. The minimum absolute atomic E-state index is 0.172. The number of anilines is 1. The van der Waals surface area contributed by atoms with Crippen LogP contribution in [0.2, 0.25) is 0 Å². The Morgan fingerprint density at radius 2 is 2.00 bits per heavy atom. The molecule has 0 aliphatic heterocycles. The van der Waals surface area contributed by atoms with E-state index in [9.17, 15) is 9.18 Å². The Bertz CT molecular complexity index is 651. The fourth-order valence-electron chi connectivity index (χ4n) is 2.44. The van der Waals surface area contributed by atoms with Gasteiger partial charge in [-0.05, 0) is 48.7 Å². The van der Waals surface area contributed by atoms with Crippen LogP contribution in [-0.4, -0.2) is 12.5 Å². The smallest absolute Gasteiger partial charge is 0.238 e. The summed E-state index contributed by atoms with van der Waals surface area (Å²) in [6.45, 7) is 2.90. The van der Waals surface area contributed by atoms with E-state index in [2.05, 4.69) is 17.6 Å². The quantitative estimate of drug-likeness (QED) is 0.861. The fourth-order valence-corrected chi connectivity index (χ4v) is 2.44. The van der Waals surface area contributed by atoms with Crippen LogP contribution in [-0.2, 0) is 11.3 Å². The first-order valence-corrected chi connectivity index (χ1v) is 7.46. The summed E-state index contributed by atoms with van der Waals surface area (Å²) in [5.41, 5.74) is 0.580. The van der Waals surface area contributed by atoms with Crippen LogP contribution in [0.5, 0.6) is 0 Å². The first-order chi connectivity index (χ1) is 10.6. The molecule has 1 heterocycles. The molecule has 1 aromatic heterocycles. The highest BCUT2D eigenvalue weighted by molar-refractivity contribution is 5.92. The predicted molar refractivity (Wildman–Crippen MR) is 82.0 cm³/mol. The molecule has 4 nitrogen and oxygen atoms in total. The first-order valence-electron chi connectivity index (χ1n) is 7.46. The van der Waals surface area contributed by atoms with Crippen molar-refractivity contribution < 1.29 is 13.6 Å². The molecule has 1 amide bonds. The maximum absolute atomic E-state index is 12.8. The van der Waals surface area contributed by atoms with E-state index in [1.165, 1.54) is 30.7 Å². The monoisotopic (exact) mass is 302 g/mol. The van der Waals surface area contributed by atoms with Crippen molar-refractivity contribution in [1.29, 1.82) is 0 Å². The van der Waals surface area contributed by atoms with E-state index in [-0.39, 0.29) is 18.3 Å². The second-order valence-corrected chi connectivity index (χ2v) is 5.78. The highest BCUT2D eigenvalue weighted by Gasteiger charge is 2.36. The summed E-state index contributed by atoms with van der Waals surface area (Å²) in [5.74, 6) is 2.66. The third kappa shape index (κ3) is 3.74. The lowest BCUT2D eigenvalue weighted by atomic mass is 10.3. The van der Waals surface area contributed by atoms with Gasteiger partial charge >= 0.3 is 0 Å². The minimum atomic E-state index is -0.324. The largest absolute Gasteiger partial charge is 0.464 e. The number of nitrogens with one attached hydrogen (secondary N) is 2. The lowest BCUT2D eigenvalue weighted by molar-refractivity contribution is -0.115. The molecule has 2 N–H and O–H groups in total. The SMILES string of the molecule is CC1CC1c1ccc(CNCC(=O)Nc2ccc(F)cc2)o1. The van der Waals surface area contributed by atoms with Crippen molar-refractivity contribution in [2.24, 2.45) is 5.92 Å². The van der Waals surface area contributed by atoms with Gasteiger partial charge in [-0.25, -0.2) is 4.39 Å². The van der Waals surface area contributed by atoms with Crippen molar-refractivity contribution in [3.63, 3.8) is 0 Å². The summed E-state index contributed by atoms with van der Waals surface area (Å²) < 4.78 is 18.5. The van der Waals surface area contributed by atoms with Crippen molar-refractivity contribution in [3.8, 4) is 0 Å². The molecule has 5 heteroatoms. The highest BCUT2D eigenvalue weighted by Crippen LogP contribution is 2.47. The molecule has 1 aliphatic carbocycles. The molecule has 0 spiro atoms. The van der Waals surface area contributed by atoms with Crippen molar-refractivity contribution in [2.75, 3.05) is 11.9 Å². The molecule has 1 saturated carbocycles. The van der Waals surface area contributed by atoms with Crippen molar-refractivity contribution in [3.05, 3.63) is 53.7 Å². The molecular formula is C17H19FN2O2. The second kappa shape index (κ2) is 6.32. The Kier molecular flexibility index (Phi) is 4.24. The average molecular weight is 302 g/mol. The number of carbonyl (C=O) groups excluding carboxylic acids is 1. The Balaban J connectivity index is 1.41. The van der Waals surface area contributed by atoms with Crippen LogP contribution in [0.1, 0.15) is 30.8 Å². The lowest BCUT2D eigenvalue weighted by Gasteiger charge is -2.05. The van der Waals surface area contributed by atoms with Gasteiger partial charge in [0.25, 0.3) is 0 Å². The fraction of sp³-hybridized carbons (Fsp3) is 0.353. The molecular weight excluding hydrogens is 283 g/mol. The van der Waals surface area contributed by atoms with Gasteiger partial charge in [-0.2, -0.15) is 0 Å². The molecule has 0 saturated heterocycles.